The second kappa shape index (κ2) is 6.17. The van der Waals surface area contributed by atoms with Crippen molar-refractivity contribution in [1.82, 2.24) is 0 Å². The molecule has 3 heteroatoms. The average Bonchev–Trinajstić information content (AvgIpc) is 2.49. The first-order valence-electron chi connectivity index (χ1n) is 6.42. The molecular formula is C17H17NO2. The summed E-state index contributed by atoms with van der Waals surface area (Å²) in [4.78, 5) is 12.4. The molecule has 0 unspecified atom stereocenters. The predicted molar refractivity (Wildman–Crippen MR) is 80.2 cm³/mol. The van der Waals surface area contributed by atoms with Crippen LogP contribution >= 0.6 is 0 Å². The molecule has 0 heterocycles. The smallest absolute Gasteiger partial charge is 0.261 e. The number of aliphatic hydroxyl groups is 1. The van der Waals surface area contributed by atoms with E-state index in [1.807, 2.05) is 24.3 Å². The van der Waals surface area contributed by atoms with Gasteiger partial charge in [0.2, 0.25) is 0 Å². The number of anilines is 1. The number of amides is 1. The van der Waals surface area contributed by atoms with Gasteiger partial charge in [0.25, 0.3) is 5.91 Å². The van der Waals surface area contributed by atoms with Crippen molar-refractivity contribution in [2.24, 2.45) is 0 Å². The maximum Gasteiger partial charge on any atom is 0.261 e. The Morgan fingerprint density at radius 3 is 2.20 bits per heavy atom. The summed E-state index contributed by atoms with van der Waals surface area (Å²) >= 11 is 0. The molecule has 0 radical (unpaired) electrons. The van der Waals surface area contributed by atoms with E-state index < -0.39 is 11.5 Å². The van der Waals surface area contributed by atoms with E-state index in [9.17, 15) is 9.90 Å². The molecule has 2 rings (SSSR count). The Balaban J connectivity index is 2.28. The van der Waals surface area contributed by atoms with Crippen LogP contribution in [0.25, 0.3) is 0 Å². The Morgan fingerprint density at radius 1 is 1.10 bits per heavy atom. The van der Waals surface area contributed by atoms with Crippen molar-refractivity contribution in [2.45, 2.75) is 12.0 Å². The monoisotopic (exact) mass is 267 g/mol. The van der Waals surface area contributed by atoms with Crippen molar-refractivity contribution < 1.29 is 9.90 Å². The highest BCUT2D eigenvalue weighted by Gasteiger charge is 2.36. The van der Waals surface area contributed by atoms with Gasteiger partial charge in [0.1, 0.15) is 0 Å². The van der Waals surface area contributed by atoms with Gasteiger partial charge in [0.05, 0.1) is 0 Å². The summed E-state index contributed by atoms with van der Waals surface area (Å²) in [7, 11) is 0. The molecule has 0 spiro atoms. The summed E-state index contributed by atoms with van der Waals surface area (Å²) in [6.45, 7) is 3.62. The van der Waals surface area contributed by atoms with Crippen LogP contribution in [0.3, 0.4) is 0 Å². The fraction of sp³-hybridized carbons (Fsp3) is 0.118. The van der Waals surface area contributed by atoms with Crippen LogP contribution in [0.15, 0.2) is 73.3 Å². The highest BCUT2D eigenvalue weighted by Crippen LogP contribution is 2.27. The van der Waals surface area contributed by atoms with Gasteiger partial charge in [-0.1, -0.05) is 54.6 Å². The van der Waals surface area contributed by atoms with Gasteiger partial charge >= 0.3 is 0 Å². The molecular weight excluding hydrogens is 250 g/mol. The molecule has 0 aliphatic carbocycles. The van der Waals surface area contributed by atoms with Crippen molar-refractivity contribution in [3.05, 3.63) is 78.9 Å². The van der Waals surface area contributed by atoms with Crippen LogP contribution in [0.1, 0.15) is 12.0 Å². The summed E-state index contributed by atoms with van der Waals surface area (Å²) < 4.78 is 0. The second-order valence-electron chi connectivity index (χ2n) is 4.54. The molecule has 102 valence electrons. The summed E-state index contributed by atoms with van der Waals surface area (Å²) in [5.41, 5.74) is -0.414. The molecule has 2 N–H and O–H groups in total. The molecule has 2 aromatic carbocycles. The molecule has 3 nitrogen and oxygen atoms in total. The van der Waals surface area contributed by atoms with Crippen LogP contribution < -0.4 is 5.32 Å². The van der Waals surface area contributed by atoms with Crippen LogP contribution in [0, 0.1) is 0 Å². The fourth-order valence-corrected chi connectivity index (χ4v) is 2.02. The summed E-state index contributed by atoms with van der Waals surface area (Å²) in [6, 6.07) is 17.9. The average molecular weight is 267 g/mol. The first-order valence-corrected chi connectivity index (χ1v) is 6.42. The molecule has 0 bridgehead atoms. The summed E-state index contributed by atoms with van der Waals surface area (Å²) in [6.07, 6.45) is 1.69. The zero-order valence-corrected chi connectivity index (χ0v) is 11.1. The van der Waals surface area contributed by atoms with Crippen LogP contribution in [0.2, 0.25) is 0 Å². The first kappa shape index (κ1) is 14.0. The lowest BCUT2D eigenvalue weighted by Gasteiger charge is -2.26. The van der Waals surface area contributed by atoms with E-state index >= 15 is 0 Å². The fourth-order valence-electron chi connectivity index (χ4n) is 2.02. The number of carbonyl (C=O) groups excluding carboxylic acids is 1. The van der Waals surface area contributed by atoms with E-state index in [2.05, 4.69) is 11.9 Å². The summed E-state index contributed by atoms with van der Waals surface area (Å²) in [5.74, 6) is -0.463. The molecule has 2 aromatic rings. The van der Waals surface area contributed by atoms with Gasteiger partial charge in [-0.2, -0.15) is 0 Å². The number of rotatable bonds is 5. The number of benzene rings is 2. The topological polar surface area (TPSA) is 49.3 Å². The maximum absolute atomic E-state index is 12.4. The van der Waals surface area contributed by atoms with Crippen LogP contribution in [-0.2, 0) is 10.4 Å². The van der Waals surface area contributed by atoms with E-state index in [0.29, 0.717) is 11.3 Å². The highest BCUT2D eigenvalue weighted by atomic mass is 16.3. The SMILES string of the molecule is C=CC[C@@](O)(C(=O)Nc1ccccc1)c1ccccc1. The largest absolute Gasteiger partial charge is 0.375 e. The number of hydrogen-bond acceptors (Lipinski definition) is 2. The van der Waals surface area contributed by atoms with Crippen molar-refractivity contribution in [2.75, 3.05) is 5.32 Å². The molecule has 1 amide bonds. The molecule has 0 fully saturated rings. The van der Waals surface area contributed by atoms with Crippen LogP contribution in [-0.4, -0.2) is 11.0 Å². The zero-order chi connectivity index (χ0) is 14.4. The van der Waals surface area contributed by atoms with E-state index in [1.165, 1.54) is 6.08 Å². The molecule has 1 atom stereocenters. The number of hydrogen-bond donors (Lipinski definition) is 2. The Bertz CT molecular complexity index is 580. The third kappa shape index (κ3) is 2.95. The summed E-state index contributed by atoms with van der Waals surface area (Å²) in [5, 5.41) is 13.5. The van der Waals surface area contributed by atoms with Gasteiger partial charge in [0.15, 0.2) is 5.60 Å². The van der Waals surface area contributed by atoms with E-state index in [4.69, 9.17) is 0 Å². The Labute approximate surface area is 118 Å². The number of nitrogens with one attached hydrogen (secondary N) is 1. The Kier molecular flexibility index (Phi) is 4.33. The molecule has 0 aliphatic heterocycles. The van der Waals surface area contributed by atoms with Gasteiger partial charge < -0.3 is 10.4 Å². The van der Waals surface area contributed by atoms with Crippen LogP contribution in [0.4, 0.5) is 5.69 Å². The van der Waals surface area contributed by atoms with Gasteiger partial charge in [-0.05, 0) is 17.7 Å². The van der Waals surface area contributed by atoms with Gasteiger partial charge in [-0.25, -0.2) is 0 Å². The van der Waals surface area contributed by atoms with Crippen molar-refractivity contribution in [3.63, 3.8) is 0 Å². The highest BCUT2D eigenvalue weighted by molar-refractivity contribution is 5.97. The van der Waals surface area contributed by atoms with E-state index in [1.54, 1.807) is 36.4 Å². The minimum absolute atomic E-state index is 0.148. The van der Waals surface area contributed by atoms with E-state index in [0.717, 1.165) is 0 Å². The zero-order valence-electron chi connectivity index (χ0n) is 11.1. The van der Waals surface area contributed by atoms with Gasteiger partial charge in [0, 0.05) is 12.1 Å². The molecule has 20 heavy (non-hydrogen) atoms. The molecule has 0 saturated heterocycles. The normalized spacial score (nSPS) is 13.2. The third-order valence-corrected chi connectivity index (χ3v) is 3.10. The second-order valence-corrected chi connectivity index (χ2v) is 4.54. The lowest BCUT2D eigenvalue weighted by Crippen LogP contribution is -2.39. The van der Waals surface area contributed by atoms with Crippen molar-refractivity contribution in [1.29, 1.82) is 0 Å². The van der Waals surface area contributed by atoms with Crippen molar-refractivity contribution >= 4 is 11.6 Å². The third-order valence-electron chi connectivity index (χ3n) is 3.10. The number of para-hydroxylation sites is 1. The van der Waals surface area contributed by atoms with Crippen molar-refractivity contribution in [3.8, 4) is 0 Å². The Morgan fingerprint density at radius 2 is 1.65 bits per heavy atom. The first-order chi connectivity index (χ1) is 9.66. The van der Waals surface area contributed by atoms with Gasteiger partial charge in [-0.15, -0.1) is 6.58 Å². The molecule has 0 aliphatic rings. The standard InChI is InChI=1S/C17H17NO2/c1-2-13-17(20,14-9-5-3-6-10-14)16(19)18-15-11-7-4-8-12-15/h2-12,20H,1,13H2,(H,18,19)/t17-/m0/s1. The van der Waals surface area contributed by atoms with Crippen LogP contribution in [0.5, 0.6) is 0 Å². The lowest BCUT2D eigenvalue weighted by molar-refractivity contribution is -0.134. The Hall–Kier alpha value is -2.39. The van der Waals surface area contributed by atoms with E-state index in [-0.39, 0.29) is 6.42 Å². The lowest BCUT2D eigenvalue weighted by atomic mass is 9.89. The maximum atomic E-state index is 12.4. The molecule has 0 saturated carbocycles. The van der Waals surface area contributed by atoms with Gasteiger partial charge in [-0.3, -0.25) is 4.79 Å². The molecule has 0 aromatic heterocycles. The minimum Gasteiger partial charge on any atom is -0.375 e. The number of carbonyl (C=O) groups is 1. The minimum atomic E-state index is -1.61. The quantitative estimate of drug-likeness (QED) is 0.818. The predicted octanol–water partition coefficient (Wildman–Crippen LogP) is 3.09.